The Morgan fingerprint density at radius 1 is 1.12 bits per heavy atom. The van der Waals surface area contributed by atoms with Crippen molar-refractivity contribution in [1.82, 2.24) is 45.6 Å². The van der Waals surface area contributed by atoms with E-state index in [1.807, 2.05) is 18.2 Å². The number of ether oxygens (including phenoxy) is 1. The van der Waals surface area contributed by atoms with E-state index >= 15 is 0 Å². The topological polar surface area (TPSA) is 201 Å². The number of hydrogen-bond donors (Lipinski definition) is 5. The predicted octanol–water partition coefficient (Wildman–Crippen LogP) is 1.29. The van der Waals surface area contributed by atoms with Crippen LogP contribution in [-0.2, 0) is 17.8 Å². The summed E-state index contributed by atoms with van der Waals surface area (Å²) in [6, 6.07) is 12.1. The van der Waals surface area contributed by atoms with Crippen LogP contribution >= 0.6 is 0 Å². The maximum Gasteiger partial charge on any atom is 0.270 e. The number of benzene rings is 2. The number of tetrazole rings is 1. The number of fused-ring (bicyclic) bond motifs is 3. The Bertz CT molecular complexity index is 1880. The Morgan fingerprint density at radius 2 is 2.02 bits per heavy atom. The fourth-order valence-corrected chi connectivity index (χ4v) is 5.18. The predicted molar refractivity (Wildman–Crippen MR) is 145 cm³/mol. The zero-order valence-corrected chi connectivity index (χ0v) is 21.8. The molecule has 3 amide bonds. The minimum absolute atomic E-state index is 0.00415. The number of amides is 3. The molecule has 4 heterocycles. The number of carbonyl (C=O) groups is 3. The second kappa shape index (κ2) is 9.96. The second-order valence-electron chi connectivity index (χ2n) is 9.86. The number of nitrogens with one attached hydrogen (secondary N) is 4. The summed E-state index contributed by atoms with van der Waals surface area (Å²) in [4.78, 5) is 46.5. The van der Waals surface area contributed by atoms with Gasteiger partial charge in [-0.15, -0.1) is 10.2 Å². The number of aromatic nitrogens is 7. The molecule has 5 aromatic rings. The number of H-pyrrole nitrogens is 1. The highest BCUT2D eigenvalue weighted by Crippen LogP contribution is 2.34. The minimum Gasteiger partial charge on any atom is -0.492 e. The molecule has 5 N–H and O–H groups in total. The van der Waals surface area contributed by atoms with Gasteiger partial charge in [-0.1, -0.05) is 18.2 Å². The zero-order valence-electron chi connectivity index (χ0n) is 21.8. The Hall–Kier alpha value is -5.86. The smallest absolute Gasteiger partial charge is 0.270 e. The molecule has 0 spiro atoms. The molecule has 0 fully saturated rings. The standard InChI is InChI=1S/C27H22N10O5/c38-22-11-37-20(26(41)28-10-13-1-6-21-18(7-13)29-23(39)12-42-21)9-19(31-27(37)32-22)25(40)30-17-5-3-14-8-15(2-4-16(14)17)24-33-35-36-34-24/h1-2,4,6-9,11,17,38H,3,5,10,12H2,(H,28,41)(H,29,39)(H,30,40)(H,33,34,35,36)/t17-/m0/s1. The van der Waals surface area contributed by atoms with Crippen LogP contribution in [0.2, 0.25) is 0 Å². The summed E-state index contributed by atoms with van der Waals surface area (Å²) in [6.07, 6.45) is 2.68. The van der Waals surface area contributed by atoms with Gasteiger partial charge in [0.25, 0.3) is 17.7 Å². The van der Waals surface area contributed by atoms with Crippen LogP contribution in [0.1, 0.15) is 50.1 Å². The third kappa shape index (κ3) is 4.61. The molecule has 210 valence electrons. The lowest BCUT2D eigenvalue weighted by molar-refractivity contribution is -0.118. The maximum atomic E-state index is 13.3. The van der Waals surface area contributed by atoms with Gasteiger partial charge in [-0.3, -0.25) is 18.8 Å². The monoisotopic (exact) mass is 566 g/mol. The van der Waals surface area contributed by atoms with Crippen LogP contribution in [0, 0.1) is 0 Å². The summed E-state index contributed by atoms with van der Waals surface area (Å²) in [7, 11) is 0. The average molecular weight is 567 g/mol. The third-order valence-corrected chi connectivity index (χ3v) is 7.15. The summed E-state index contributed by atoms with van der Waals surface area (Å²) in [5.41, 5.74) is 4.13. The lowest BCUT2D eigenvalue weighted by Crippen LogP contribution is -2.30. The van der Waals surface area contributed by atoms with E-state index in [1.165, 1.54) is 16.7 Å². The van der Waals surface area contributed by atoms with E-state index in [4.69, 9.17) is 4.74 Å². The third-order valence-electron chi connectivity index (χ3n) is 7.15. The summed E-state index contributed by atoms with van der Waals surface area (Å²) in [5.74, 6) is -0.585. The Balaban J connectivity index is 1.10. The van der Waals surface area contributed by atoms with E-state index in [0.29, 0.717) is 29.2 Å². The normalized spacial score (nSPS) is 15.4. The number of rotatable bonds is 6. The van der Waals surface area contributed by atoms with E-state index in [1.54, 1.807) is 18.2 Å². The molecule has 0 saturated carbocycles. The quantitative estimate of drug-likeness (QED) is 0.199. The Labute approximate surface area is 236 Å². The molecule has 0 unspecified atom stereocenters. The van der Waals surface area contributed by atoms with Gasteiger partial charge in [0.15, 0.2) is 6.61 Å². The van der Waals surface area contributed by atoms with Crippen LogP contribution in [0.25, 0.3) is 17.2 Å². The number of carbonyl (C=O) groups excluding carboxylic acids is 3. The lowest BCUT2D eigenvalue weighted by atomic mass is 10.0. The molecule has 0 saturated heterocycles. The van der Waals surface area contributed by atoms with Gasteiger partial charge in [-0.2, -0.15) is 10.2 Å². The molecule has 15 heteroatoms. The van der Waals surface area contributed by atoms with E-state index in [2.05, 4.69) is 46.5 Å². The first-order valence-corrected chi connectivity index (χ1v) is 13.0. The number of aromatic hydroxyl groups is 1. The molecule has 42 heavy (non-hydrogen) atoms. The molecule has 2 aromatic carbocycles. The lowest BCUT2D eigenvalue weighted by Gasteiger charge is -2.18. The molecule has 1 aliphatic carbocycles. The Morgan fingerprint density at radius 3 is 2.88 bits per heavy atom. The van der Waals surface area contributed by atoms with E-state index < -0.39 is 11.8 Å². The van der Waals surface area contributed by atoms with Crippen LogP contribution in [0.15, 0.2) is 48.7 Å². The summed E-state index contributed by atoms with van der Waals surface area (Å²) in [5, 5.41) is 32.6. The van der Waals surface area contributed by atoms with Gasteiger partial charge < -0.3 is 25.8 Å². The fourth-order valence-electron chi connectivity index (χ4n) is 5.18. The van der Waals surface area contributed by atoms with Crippen molar-refractivity contribution in [2.24, 2.45) is 0 Å². The van der Waals surface area contributed by atoms with Crippen molar-refractivity contribution >= 4 is 29.2 Å². The molecule has 1 atom stereocenters. The van der Waals surface area contributed by atoms with Gasteiger partial charge in [-0.05, 0) is 59.0 Å². The fraction of sp³-hybridized carbons (Fsp3) is 0.185. The van der Waals surface area contributed by atoms with Crippen molar-refractivity contribution in [3.05, 3.63) is 76.7 Å². The SMILES string of the molecule is O=C1COc2ccc(CNC(=O)c3cc(C(=O)N[C@H]4CCc5cc(-c6nn[nH]n6)ccc54)nc4nc(O)cn34)cc2N1. The molecule has 2 aliphatic rings. The number of aryl methyl sites for hydroxylation is 1. The van der Waals surface area contributed by atoms with Gasteiger partial charge in [0.1, 0.15) is 17.1 Å². The Kier molecular flexibility index (Phi) is 5.96. The van der Waals surface area contributed by atoms with Crippen molar-refractivity contribution in [3.63, 3.8) is 0 Å². The van der Waals surface area contributed by atoms with Crippen LogP contribution in [0.4, 0.5) is 5.69 Å². The number of hydrogen-bond acceptors (Lipinski definition) is 10. The van der Waals surface area contributed by atoms with Gasteiger partial charge in [-0.25, -0.2) is 4.98 Å². The maximum absolute atomic E-state index is 13.3. The number of imidazole rings is 1. The highest BCUT2D eigenvalue weighted by Gasteiger charge is 2.27. The highest BCUT2D eigenvalue weighted by atomic mass is 16.5. The van der Waals surface area contributed by atoms with Crippen molar-refractivity contribution in [1.29, 1.82) is 0 Å². The molecule has 7 rings (SSSR count). The van der Waals surface area contributed by atoms with Crippen molar-refractivity contribution in [2.45, 2.75) is 25.4 Å². The van der Waals surface area contributed by atoms with Gasteiger partial charge in [0, 0.05) is 12.1 Å². The summed E-state index contributed by atoms with van der Waals surface area (Å²) in [6.45, 7) is 0.0726. The second-order valence-corrected chi connectivity index (χ2v) is 9.86. The number of aromatic amines is 1. The first-order valence-electron chi connectivity index (χ1n) is 13.0. The zero-order chi connectivity index (χ0) is 28.8. The number of anilines is 1. The molecular weight excluding hydrogens is 544 g/mol. The van der Waals surface area contributed by atoms with E-state index in [9.17, 15) is 19.5 Å². The van der Waals surface area contributed by atoms with Crippen LogP contribution in [-0.4, -0.2) is 64.4 Å². The average Bonchev–Trinajstić information content (AvgIpc) is 3.75. The minimum atomic E-state index is -0.521. The highest BCUT2D eigenvalue weighted by molar-refractivity contribution is 5.98. The summed E-state index contributed by atoms with van der Waals surface area (Å²) < 4.78 is 6.68. The molecule has 0 radical (unpaired) electrons. The van der Waals surface area contributed by atoms with Crippen LogP contribution in [0.5, 0.6) is 11.6 Å². The first-order chi connectivity index (χ1) is 20.4. The van der Waals surface area contributed by atoms with Gasteiger partial charge in [0.2, 0.25) is 17.5 Å². The summed E-state index contributed by atoms with van der Waals surface area (Å²) >= 11 is 0. The molecule has 3 aromatic heterocycles. The van der Waals surface area contributed by atoms with Crippen molar-refractivity contribution in [2.75, 3.05) is 11.9 Å². The van der Waals surface area contributed by atoms with Gasteiger partial charge >= 0.3 is 0 Å². The van der Waals surface area contributed by atoms with Crippen LogP contribution < -0.4 is 20.7 Å². The van der Waals surface area contributed by atoms with Crippen molar-refractivity contribution < 1.29 is 24.2 Å². The first kappa shape index (κ1) is 25.1. The van der Waals surface area contributed by atoms with Crippen LogP contribution in [0.3, 0.4) is 0 Å². The molecule has 0 bridgehead atoms. The van der Waals surface area contributed by atoms with Gasteiger partial charge in [0.05, 0.1) is 17.9 Å². The number of nitrogens with zero attached hydrogens (tertiary/aromatic N) is 6. The molecular formula is C27H22N10O5. The van der Waals surface area contributed by atoms with E-state index in [0.717, 1.165) is 23.1 Å². The largest absolute Gasteiger partial charge is 0.492 e. The van der Waals surface area contributed by atoms with Crippen molar-refractivity contribution in [3.8, 4) is 23.0 Å². The molecule has 15 nitrogen and oxygen atoms in total. The van der Waals surface area contributed by atoms with E-state index in [-0.39, 0.29) is 48.1 Å². The molecule has 1 aliphatic heterocycles.